The van der Waals surface area contributed by atoms with Crippen LogP contribution in [-0.4, -0.2) is 22.5 Å². The zero-order chi connectivity index (χ0) is 14.7. The van der Waals surface area contributed by atoms with Gasteiger partial charge in [-0.15, -0.1) is 11.6 Å². The van der Waals surface area contributed by atoms with Gasteiger partial charge in [0, 0.05) is 24.4 Å². The van der Waals surface area contributed by atoms with Crippen molar-refractivity contribution in [3.05, 3.63) is 24.0 Å². The molecule has 0 N–H and O–H groups in total. The van der Waals surface area contributed by atoms with Crippen LogP contribution in [0.2, 0.25) is 0 Å². The lowest BCUT2D eigenvalue weighted by Crippen LogP contribution is -2.12. The first-order chi connectivity index (χ1) is 9.56. The summed E-state index contributed by atoms with van der Waals surface area (Å²) in [6.45, 7) is 6.75. The molecular formula is C16H23ClN2O. The molecule has 0 saturated heterocycles. The first-order valence-electron chi connectivity index (χ1n) is 7.17. The molecule has 0 bridgehead atoms. The lowest BCUT2D eigenvalue weighted by atomic mass is 10.0. The Morgan fingerprint density at radius 3 is 2.65 bits per heavy atom. The van der Waals surface area contributed by atoms with E-state index in [2.05, 4.69) is 31.4 Å². The van der Waals surface area contributed by atoms with Crippen molar-refractivity contribution in [1.29, 1.82) is 0 Å². The van der Waals surface area contributed by atoms with Crippen molar-refractivity contribution >= 4 is 22.6 Å². The van der Waals surface area contributed by atoms with Crippen molar-refractivity contribution in [1.82, 2.24) is 9.55 Å². The summed E-state index contributed by atoms with van der Waals surface area (Å²) in [5.74, 6) is 3.16. The number of nitrogens with zero attached hydrogens (tertiary/aromatic N) is 2. The summed E-state index contributed by atoms with van der Waals surface area (Å²) in [5, 5.41) is 0. The Morgan fingerprint density at radius 2 is 2.05 bits per heavy atom. The quantitative estimate of drug-likeness (QED) is 0.737. The number of halogens is 1. The van der Waals surface area contributed by atoms with Crippen LogP contribution in [0.5, 0.6) is 5.75 Å². The topological polar surface area (TPSA) is 27.1 Å². The van der Waals surface area contributed by atoms with Gasteiger partial charge in [0.25, 0.3) is 0 Å². The lowest BCUT2D eigenvalue weighted by molar-refractivity contribution is 0.415. The lowest BCUT2D eigenvalue weighted by Gasteiger charge is -2.19. The minimum absolute atomic E-state index is 0.423. The van der Waals surface area contributed by atoms with Gasteiger partial charge in [0.2, 0.25) is 0 Å². The predicted octanol–water partition coefficient (Wildman–Crippen LogP) is 4.43. The summed E-state index contributed by atoms with van der Waals surface area (Å²) in [4.78, 5) is 4.74. The smallest absolute Gasteiger partial charge is 0.121 e. The molecule has 1 aromatic carbocycles. The number of rotatable bonds is 6. The molecule has 0 amide bonds. The summed E-state index contributed by atoms with van der Waals surface area (Å²) in [5.41, 5.74) is 2.15. The average molecular weight is 295 g/mol. The number of aryl methyl sites for hydroxylation is 1. The molecule has 110 valence electrons. The molecule has 1 aromatic heterocycles. The Labute approximate surface area is 125 Å². The predicted molar refractivity (Wildman–Crippen MR) is 84.9 cm³/mol. The van der Waals surface area contributed by atoms with E-state index in [1.165, 1.54) is 5.52 Å². The van der Waals surface area contributed by atoms with E-state index in [4.69, 9.17) is 21.3 Å². The highest BCUT2D eigenvalue weighted by molar-refractivity contribution is 6.17. The minimum Gasteiger partial charge on any atom is -0.497 e. The zero-order valence-electron chi connectivity index (χ0n) is 12.7. The summed E-state index contributed by atoms with van der Waals surface area (Å²) < 4.78 is 7.61. The first-order valence-corrected chi connectivity index (χ1v) is 7.71. The standard InChI is InChI=1S/C16H23ClN2O/c1-11(2)9-12(3)19-15-6-5-13(20-4)10-14(15)18-16(19)7-8-17/h5-6,10-12H,7-9H2,1-4H3. The molecular weight excluding hydrogens is 272 g/mol. The fraction of sp³-hybridized carbons (Fsp3) is 0.562. The maximum Gasteiger partial charge on any atom is 0.121 e. The second kappa shape index (κ2) is 6.49. The molecule has 2 rings (SSSR count). The van der Waals surface area contributed by atoms with Crippen molar-refractivity contribution in [2.45, 2.75) is 39.7 Å². The number of hydrogen-bond acceptors (Lipinski definition) is 2. The van der Waals surface area contributed by atoms with E-state index in [0.717, 1.165) is 29.9 Å². The Hall–Kier alpha value is -1.22. The number of aromatic nitrogens is 2. The van der Waals surface area contributed by atoms with Gasteiger partial charge in [-0.25, -0.2) is 4.98 Å². The zero-order valence-corrected chi connectivity index (χ0v) is 13.4. The van der Waals surface area contributed by atoms with E-state index >= 15 is 0 Å². The number of imidazole rings is 1. The first kappa shape index (κ1) is 15.2. The van der Waals surface area contributed by atoms with Crippen molar-refractivity contribution in [3.63, 3.8) is 0 Å². The van der Waals surface area contributed by atoms with Gasteiger partial charge in [-0.2, -0.15) is 0 Å². The number of hydrogen-bond donors (Lipinski definition) is 0. The number of ether oxygens (including phenoxy) is 1. The van der Waals surface area contributed by atoms with Gasteiger partial charge >= 0.3 is 0 Å². The fourth-order valence-electron chi connectivity index (χ4n) is 2.80. The van der Waals surface area contributed by atoms with Gasteiger partial charge in [0.1, 0.15) is 11.6 Å². The van der Waals surface area contributed by atoms with Crippen LogP contribution >= 0.6 is 11.6 Å². The van der Waals surface area contributed by atoms with E-state index < -0.39 is 0 Å². The van der Waals surface area contributed by atoms with E-state index in [1.54, 1.807) is 7.11 Å². The fourth-order valence-corrected chi connectivity index (χ4v) is 2.96. The van der Waals surface area contributed by atoms with Gasteiger partial charge in [0.05, 0.1) is 18.1 Å². The molecule has 1 unspecified atom stereocenters. The van der Waals surface area contributed by atoms with Gasteiger partial charge in [-0.1, -0.05) is 13.8 Å². The molecule has 0 aliphatic rings. The Bertz CT molecular complexity index is 577. The number of alkyl halides is 1. The van der Waals surface area contributed by atoms with Crippen LogP contribution in [0.25, 0.3) is 11.0 Å². The van der Waals surface area contributed by atoms with Crippen molar-refractivity contribution in [2.24, 2.45) is 5.92 Å². The third-order valence-electron chi connectivity index (χ3n) is 3.54. The van der Waals surface area contributed by atoms with Crippen LogP contribution in [0.1, 0.15) is 39.1 Å². The summed E-state index contributed by atoms with van der Waals surface area (Å²) in [6.07, 6.45) is 1.92. The van der Waals surface area contributed by atoms with Crippen molar-refractivity contribution < 1.29 is 4.74 Å². The Balaban J connectivity index is 2.50. The molecule has 0 spiro atoms. The third kappa shape index (κ3) is 3.09. The highest BCUT2D eigenvalue weighted by Gasteiger charge is 2.16. The molecule has 0 aliphatic heterocycles. The molecule has 1 atom stereocenters. The molecule has 0 saturated carbocycles. The van der Waals surface area contributed by atoms with Crippen LogP contribution in [0.3, 0.4) is 0 Å². The molecule has 4 heteroatoms. The average Bonchev–Trinajstić information content (AvgIpc) is 2.75. The molecule has 0 fully saturated rings. The molecule has 0 radical (unpaired) electrons. The molecule has 0 aliphatic carbocycles. The van der Waals surface area contributed by atoms with Crippen LogP contribution in [0.15, 0.2) is 18.2 Å². The molecule has 1 heterocycles. The second-order valence-corrected chi connectivity index (χ2v) is 6.05. The Morgan fingerprint density at radius 1 is 1.30 bits per heavy atom. The van der Waals surface area contributed by atoms with Gasteiger partial charge < -0.3 is 9.30 Å². The van der Waals surface area contributed by atoms with Crippen LogP contribution < -0.4 is 4.74 Å². The highest BCUT2D eigenvalue weighted by atomic mass is 35.5. The summed E-state index contributed by atoms with van der Waals surface area (Å²) >= 11 is 5.93. The normalized spacial score (nSPS) is 13.1. The van der Waals surface area contributed by atoms with E-state index in [-0.39, 0.29) is 0 Å². The van der Waals surface area contributed by atoms with Crippen molar-refractivity contribution in [2.75, 3.05) is 13.0 Å². The van der Waals surface area contributed by atoms with Gasteiger partial charge in [0.15, 0.2) is 0 Å². The maximum atomic E-state index is 5.93. The minimum atomic E-state index is 0.423. The van der Waals surface area contributed by atoms with Gasteiger partial charge in [-0.05, 0) is 31.4 Å². The summed E-state index contributed by atoms with van der Waals surface area (Å²) in [6, 6.07) is 6.50. The molecule has 3 nitrogen and oxygen atoms in total. The molecule has 2 aromatic rings. The molecule has 20 heavy (non-hydrogen) atoms. The number of fused-ring (bicyclic) bond motifs is 1. The van der Waals surface area contributed by atoms with Crippen LogP contribution in [-0.2, 0) is 6.42 Å². The van der Waals surface area contributed by atoms with Crippen molar-refractivity contribution in [3.8, 4) is 5.75 Å². The van der Waals surface area contributed by atoms with Crippen LogP contribution in [0, 0.1) is 5.92 Å². The SMILES string of the molecule is COc1ccc2c(c1)nc(CCCl)n2C(C)CC(C)C. The third-order valence-corrected chi connectivity index (χ3v) is 3.73. The monoisotopic (exact) mass is 294 g/mol. The Kier molecular flexibility index (Phi) is 4.92. The number of benzene rings is 1. The highest BCUT2D eigenvalue weighted by Crippen LogP contribution is 2.28. The van der Waals surface area contributed by atoms with E-state index in [9.17, 15) is 0 Å². The van der Waals surface area contributed by atoms with Crippen LogP contribution in [0.4, 0.5) is 0 Å². The van der Waals surface area contributed by atoms with E-state index in [0.29, 0.717) is 17.8 Å². The maximum absolute atomic E-state index is 5.93. The van der Waals surface area contributed by atoms with E-state index in [1.807, 2.05) is 12.1 Å². The van der Waals surface area contributed by atoms with Gasteiger partial charge in [-0.3, -0.25) is 0 Å². The second-order valence-electron chi connectivity index (χ2n) is 5.67. The summed E-state index contributed by atoms with van der Waals surface area (Å²) in [7, 11) is 1.68. The number of methoxy groups -OCH3 is 1. The largest absolute Gasteiger partial charge is 0.497 e.